The number of hydrogen-bond donors (Lipinski definition) is 7. The number of non-ortho nitro benzene ring substituents is 1. The molecular weight excluding hydrogens is 923 g/mol. The molecule has 0 bridgehead atoms. The SMILES string of the molecule is CC1=C/C(=C2/C=CC(=NN=C3C(=O)c4c(cc(S(=O)(=O)O)c(NNc5cc([N+](=O)[O-])ccc5C)c4N)C=C3S(=O)(=O)O)C(C)=C2)C=CC1=NN=C1C=Cc2c(S(=O)(=O)O)ccc(N)c2C1=O. The number of carbonyl (C=O) groups is 2. The van der Waals surface area contributed by atoms with E-state index < -0.39 is 89.8 Å². The second kappa shape index (κ2) is 17.0. The number of Topliss-reactive ketones (excluding diaryl/α,β-unsaturated/α-hetero) is 2. The van der Waals surface area contributed by atoms with Crippen LogP contribution in [0.5, 0.6) is 0 Å². The first kappa shape index (κ1) is 46.2. The van der Waals surface area contributed by atoms with Crippen molar-refractivity contribution in [2.45, 2.75) is 30.6 Å². The zero-order valence-corrected chi connectivity index (χ0v) is 36.6. The van der Waals surface area contributed by atoms with E-state index in [0.717, 1.165) is 24.3 Å². The van der Waals surface area contributed by atoms with E-state index >= 15 is 0 Å². The molecular formula is C41H33N9O13S3. The molecule has 0 aliphatic heterocycles. The molecule has 0 atom stereocenters. The minimum atomic E-state index is -5.24. The molecule has 7 rings (SSSR count). The lowest BCUT2D eigenvalue weighted by Gasteiger charge is -2.22. The molecule has 9 N–H and O–H groups in total. The number of rotatable bonds is 9. The van der Waals surface area contributed by atoms with Crippen LogP contribution in [0.15, 0.2) is 136 Å². The first-order valence-corrected chi connectivity index (χ1v) is 23.0. The lowest BCUT2D eigenvalue weighted by molar-refractivity contribution is -0.384. The van der Waals surface area contributed by atoms with Gasteiger partial charge in [-0.05, 0) is 109 Å². The number of nitro benzene ring substituents is 1. The van der Waals surface area contributed by atoms with Crippen LogP contribution in [-0.4, -0.2) is 78.2 Å². The van der Waals surface area contributed by atoms with Gasteiger partial charge in [0.2, 0.25) is 11.6 Å². The van der Waals surface area contributed by atoms with Gasteiger partial charge in [0.15, 0.2) is 5.71 Å². The van der Waals surface area contributed by atoms with Gasteiger partial charge >= 0.3 is 0 Å². The molecule has 25 heteroatoms. The number of hydrazine groups is 1. The Morgan fingerprint density at radius 1 is 0.636 bits per heavy atom. The topological polar surface area (TPSA) is 366 Å². The van der Waals surface area contributed by atoms with Crippen LogP contribution >= 0.6 is 0 Å². The molecule has 0 saturated carbocycles. The van der Waals surface area contributed by atoms with Crippen molar-refractivity contribution >= 4 is 105 Å². The molecule has 4 aliphatic rings. The van der Waals surface area contributed by atoms with E-state index in [9.17, 15) is 58.6 Å². The number of ketones is 2. The molecule has 3 aromatic rings. The summed E-state index contributed by atoms with van der Waals surface area (Å²) in [7, 11) is -15.0. The Morgan fingerprint density at radius 3 is 1.77 bits per heavy atom. The lowest BCUT2D eigenvalue weighted by atomic mass is 9.92. The number of nitro groups is 1. The highest BCUT2D eigenvalue weighted by Gasteiger charge is 2.37. The van der Waals surface area contributed by atoms with Gasteiger partial charge in [-0.25, -0.2) is 0 Å². The smallest absolute Gasteiger partial charge is 0.296 e. The monoisotopic (exact) mass is 955 g/mol. The molecule has 0 radical (unpaired) electrons. The average Bonchev–Trinajstić information content (AvgIpc) is 3.22. The maximum absolute atomic E-state index is 14.0. The molecule has 0 fully saturated rings. The van der Waals surface area contributed by atoms with Gasteiger partial charge < -0.3 is 16.9 Å². The average molecular weight is 956 g/mol. The molecule has 0 aromatic heterocycles. The molecule has 66 heavy (non-hydrogen) atoms. The van der Waals surface area contributed by atoms with Gasteiger partial charge in [0.05, 0.1) is 44.5 Å². The normalized spacial score (nSPS) is 19.8. The van der Waals surface area contributed by atoms with E-state index in [1.807, 2.05) is 0 Å². The van der Waals surface area contributed by atoms with Crippen LogP contribution in [0.2, 0.25) is 0 Å². The summed E-state index contributed by atoms with van der Waals surface area (Å²) in [6, 6.07) is 6.76. The van der Waals surface area contributed by atoms with Gasteiger partial charge in [-0.1, -0.05) is 24.3 Å². The van der Waals surface area contributed by atoms with Gasteiger partial charge in [0, 0.05) is 23.4 Å². The summed E-state index contributed by atoms with van der Waals surface area (Å²) in [6.45, 7) is 4.96. The Hall–Kier alpha value is -7.81. The van der Waals surface area contributed by atoms with E-state index in [1.54, 1.807) is 51.2 Å². The summed E-state index contributed by atoms with van der Waals surface area (Å²) < 4.78 is 104. The molecule has 22 nitrogen and oxygen atoms in total. The molecule has 0 heterocycles. The fraction of sp³-hybridized carbons (Fsp3) is 0.0732. The second-order valence-electron chi connectivity index (χ2n) is 14.6. The quantitative estimate of drug-likeness (QED) is 0.0622. The largest absolute Gasteiger partial charge is 0.398 e. The van der Waals surface area contributed by atoms with E-state index in [4.69, 9.17) is 11.5 Å². The molecule has 4 aliphatic carbocycles. The summed E-state index contributed by atoms with van der Waals surface area (Å²) in [6.07, 6.45) is 13.3. The second-order valence-corrected chi connectivity index (χ2v) is 18.8. The first-order chi connectivity index (χ1) is 30.8. The number of allylic oxidation sites excluding steroid dienone is 12. The Morgan fingerprint density at radius 2 is 1.21 bits per heavy atom. The molecule has 0 saturated heterocycles. The Kier molecular flexibility index (Phi) is 11.9. The summed E-state index contributed by atoms with van der Waals surface area (Å²) >= 11 is 0. The predicted molar refractivity (Wildman–Crippen MR) is 246 cm³/mol. The van der Waals surface area contributed by atoms with Gasteiger partial charge in [-0.3, -0.25) is 38.8 Å². The van der Waals surface area contributed by atoms with Gasteiger partial charge in [-0.2, -0.15) is 35.5 Å². The summed E-state index contributed by atoms with van der Waals surface area (Å²) in [4.78, 5) is 35.5. The zero-order chi connectivity index (χ0) is 48.2. The van der Waals surface area contributed by atoms with Gasteiger partial charge in [0.25, 0.3) is 36.0 Å². The van der Waals surface area contributed by atoms with Crippen LogP contribution in [0.4, 0.5) is 28.4 Å². The number of benzene rings is 3. The van der Waals surface area contributed by atoms with Crippen LogP contribution < -0.4 is 22.3 Å². The number of anilines is 4. The van der Waals surface area contributed by atoms with Crippen molar-refractivity contribution < 1.29 is 53.4 Å². The summed E-state index contributed by atoms with van der Waals surface area (Å²) in [5.74, 6) is -1.91. The number of aryl methyl sites for hydroxylation is 1. The van der Waals surface area contributed by atoms with E-state index in [0.29, 0.717) is 33.6 Å². The number of fused-ring (bicyclic) bond motifs is 2. The fourth-order valence-corrected chi connectivity index (χ4v) is 8.97. The highest BCUT2D eigenvalue weighted by molar-refractivity contribution is 7.91. The highest BCUT2D eigenvalue weighted by Crippen LogP contribution is 2.39. The minimum absolute atomic E-state index is 0.0197. The molecule has 0 spiro atoms. The molecule has 0 amide bonds. The third kappa shape index (κ3) is 8.96. The lowest BCUT2D eigenvalue weighted by Crippen LogP contribution is -2.28. The van der Waals surface area contributed by atoms with E-state index in [1.165, 1.54) is 36.4 Å². The van der Waals surface area contributed by atoms with Crippen LogP contribution in [0.1, 0.15) is 51.3 Å². The van der Waals surface area contributed by atoms with Crippen LogP contribution in [0.25, 0.3) is 12.2 Å². The number of hydrogen-bond acceptors (Lipinski definition) is 18. The van der Waals surface area contributed by atoms with Crippen molar-refractivity contribution in [3.05, 3.63) is 144 Å². The summed E-state index contributed by atoms with van der Waals surface area (Å²) in [5.41, 5.74) is 17.2. The zero-order valence-electron chi connectivity index (χ0n) is 34.2. The van der Waals surface area contributed by atoms with Crippen molar-refractivity contribution in [2.75, 3.05) is 22.3 Å². The van der Waals surface area contributed by atoms with Crippen LogP contribution in [0, 0.1) is 17.0 Å². The fourth-order valence-electron chi connectivity index (χ4n) is 6.93. The molecule has 3 aromatic carbocycles. The Balaban J connectivity index is 1.17. The van der Waals surface area contributed by atoms with Crippen LogP contribution in [0.3, 0.4) is 0 Å². The minimum Gasteiger partial charge on any atom is -0.398 e. The number of nitrogen functional groups attached to an aromatic ring is 2. The third-order valence-corrected chi connectivity index (χ3v) is 12.9. The number of carbonyl (C=O) groups excluding carboxylic acids is 2. The van der Waals surface area contributed by atoms with Crippen molar-refractivity contribution in [1.29, 1.82) is 0 Å². The molecule has 0 unspecified atom stereocenters. The van der Waals surface area contributed by atoms with Crippen molar-refractivity contribution in [3.63, 3.8) is 0 Å². The van der Waals surface area contributed by atoms with Crippen LogP contribution in [-0.2, 0) is 30.4 Å². The van der Waals surface area contributed by atoms with Crippen molar-refractivity contribution in [1.82, 2.24) is 0 Å². The third-order valence-electron chi connectivity index (χ3n) is 10.3. The predicted octanol–water partition coefficient (Wildman–Crippen LogP) is 5.26. The Bertz CT molecular complexity index is 3500. The van der Waals surface area contributed by atoms with Crippen molar-refractivity contribution in [2.24, 2.45) is 20.4 Å². The summed E-state index contributed by atoms with van der Waals surface area (Å²) in [5, 5.41) is 27.6. The standard InChI is InChI=1S/C41H33N9O13S3/c1-19-4-7-25(50(53)54)18-31(19)47-48-38-33(65(58,59)60)16-24-17-34(66(61,62)63)39(41(52)35(24)37(38)43)49-45-29-11-6-23(15-21(29)3)22-5-10-28(20(2)14-22)44-46-30-12-8-26-32(64(55,56)57)13-9-27(42)36(26)40(30)51/h4-18,47-48H,42-43H2,1-3H3,(H,55,56,57)(H,58,59,60)(H,61,62,63)/b23-22-,44-28?,45-29?,46-30?,49-39?. The van der Waals surface area contributed by atoms with Crippen molar-refractivity contribution in [3.8, 4) is 0 Å². The van der Waals surface area contributed by atoms with Gasteiger partial charge in [-0.15, -0.1) is 10.2 Å². The maximum atomic E-state index is 14.0. The Labute approximate surface area is 374 Å². The first-order valence-electron chi connectivity index (χ1n) is 18.7. The number of nitrogens with zero attached hydrogens (tertiary/aromatic N) is 5. The number of nitrogens with one attached hydrogen (secondary N) is 2. The number of nitrogens with two attached hydrogens (primary N) is 2. The van der Waals surface area contributed by atoms with E-state index in [2.05, 4.69) is 31.3 Å². The van der Waals surface area contributed by atoms with E-state index in [-0.39, 0.29) is 39.6 Å². The highest BCUT2D eigenvalue weighted by atomic mass is 32.2. The van der Waals surface area contributed by atoms with Gasteiger partial charge in [0.1, 0.15) is 20.4 Å². The molecule has 338 valence electrons. The maximum Gasteiger partial charge on any atom is 0.296 e.